The number of aryl methyl sites for hydroxylation is 1. The zero-order chi connectivity index (χ0) is 17.8. The predicted octanol–water partition coefficient (Wildman–Crippen LogP) is 1.44. The average molecular weight is 346 g/mol. The molecule has 0 aliphatic carbocycles. The number of rotatable bonds is 6. The van der Waals surface area contributed by atoms with E-state index in [1.165, 1.54) is 0 Å². The van der Waals surface area contributed by atoms with Gasteiger partial charge in [0.15, 0.2) is 11.5 Å². The number of nitrogens with zero attached hydrogens (tertiary/aromatic N) is 3. The molecule has 1 saturated heterocycles. The Morgan fingerprint density at radius 3 is 2.16 bits per heavy atom. The fourth-order valence-electron chi connectivity index (χ4n) is 3.36. The van der Waals surface area contributed by atoms with Gasteiger partial charge in [0.05, 0.1) is 27.4 Å². The number of hydrogen-bond donors (Lipinski definition) is 1. The molecule has 136 valence electrons. The summed E-state index contributed by atoms with van der Waals surface area (Å²) in [6.07, 6.45) is 3.81. The summed E-state index contributed by atoms with van der Waals surface area (Å²) < 4.78 is 18.6. The Labute approximate surface area is 148 Å². The number of nitrogens with one attached hydrogen (secondary N) is 1. The molecule has 0 spiro atoms. The Kier molecular flexibility index (Phi) is 5.45. The van der Waals surface area contributed by atoms with Crippen LogP contribution in [0.4, 0.5) is 0 Å². The summed E-state index contributed by atoms with van der Waals surface area (Å²) in [6, 6.07) is 4.06. The molecule has 1 N–H and O–H groups in total. The van der Waals surface area contributed by atoms with Gasteiger partial charge in [0.1, 0.15) is 5.82 Å². The van der Waals surface area contributed by atoms with Crippen LogP contribution in [-0.2, 0) is 7.05 Å². The van der Waals surface area contributed by atoms with Crippen LogP contribution in [0.3, 0.4) is 0 Å². The smallest absolute Gasteiger partial charge is 0.203 e. The van der Waals surface area contributed by atoms with Crippen LogP contribution in [0, 0.1) is 0 Å². The van der Waals surface area contributed by atoms with E-state index in [1.807, 2.05) is 31.6 Å². The molecule has 0 amide bonds. The standard InChI is InChI=1S/C18H26N4O3/c1-21-8-7-20-18(21)16(22-9-5-19-6-10-22)13-11-14(23-2)17(25-4)15(12-13)24-3/h7-8,11-12,16,19H,5-6,9-10H2,1-4H3. The fourth-order valence-corrected chi connectivity index (χ4v) is 3.36. The first-order valence-corrected chi connectivity index (χ1v) is 8.41. The zero-order valence-electron chi connectivity index (χ0n) is 15.3. The highest BCUT2D eigenvalue weighted by molar-refractivity contribution is 5.55. The molecule has 7 nitrogen and oxygen atoms in total. The van der Waals surface area contributed by atoms with E-state index in [2.05, 4.69) is 19.8 Å². The highest BCUT2D eigenvalue weighted by atomic mass is 16.5. The quantitative estimate of drug-likeness (QED) is 0.854. The molecular weight excluding hydrogens is 320 g/mol. The molecule has 2 heterocycles. The Balaban J connectivity index is 2.11. The van der Waals surface area contributed by atoms with Gasteiger partial charge in [0, 0.05) is 45.6 Å². The molecule has 7 heteroatoms. The van der Waals surface area contributed by atoms with Crippen molar-refractivity contribution in [3.8, 4) is 17.2 Å². The van der Waals surface area contributed by atoms with Gasteiger partial charge in [-0.25, -0.2) is 4.98 Å². The summed E-state index contributed by atoms with van der Waals surface area (Å²) in [5, 5.41) is 3.41. The van der Waals surface area contributed by atoms with Gasteiger partial charge in [0.2, 0.25) is 5.75 Å². The van der Waals surface area contributed by atoms with Crippen LogP contribution in [-0.4, -0.2) is 62.0 Å². The number of piperazine rings is 1. The normalized spacial score (nSPS) is 16.5. The minimum absolute atomic E-state index is 0.0239. The first kappa shape index (κ1) is 17.6. The van der Waals surface area contributed by atoms with Crippen molar-refractivity contribution < 1.29 is 14.2 Å². The Morgan fingerprint density at radius 1 is 1.04 bits per heavy atom. The molecule has 1 aliphatic rings. The Morgan fingerprint density at radius 2 is 1.68 bits per heavy atom. The number of methoxy groups -OCH3 is 3. The first-order valence-electron chi connectivity index (χ1n) is 8.41. The lowest BCUT2D eigenvalue weighted by Gasteiger charge is -2.35. The molecule has 1 fully saturated rings. The van der Waals surface area contributed by atoms with Gasteiger partial charge in [-0.1, -0.05) is 0 Å². The van der Waals surface area contributed by atoms with Crippen molar-refractivity contribution in [1.29, 1.82) is 0 Å². The van der Waals surface area contributed by atoms with Crippen molar-refractivity contribution in [1.82, 2.24) is 19.8 Å². The van der Waals surface area contributed by atoms with Crippen molar-refractivity contribution in [3.05, 3.63) is 35.9 Å². The van der Waals surface area contributed by atoms with E-state index < -0.39 is 0 Å². The summed E-state index contributed by atoms with van der Waals surface area (Å²) >= 11 is 0. The van der Waals surface area contributed by atoms with Crippen LogP contribution in [0.5, 0.6) is 17.2 Å². The van der Waals surface area contributed by atoms with Crippen LogP contribution in [0.2, 0.25) is 0 Å². The fraction of sp³-hybridized carbons (Fsp3) is 0.500. The molecule has 1 aromatic heterocycles. The van der Waals surface area contributed by atoms with Crippen molar-refractivity contribution >= 4 is 0 Å². The average Bonchev–Trinajstić information content (AvgIpc) is 3.07. The van der Waals surface area contributed by atoms with E-state index in [9.17, 15) is 0 Å². The predicted molar refractivity (Wildman–Crippen MR) is 95.6 cm³/mol. The van der Waals surface area contributed by atoms with E-state index in [0.29, 0.717) is 17.2 Å². The SMILES string of the molecule is COc1cc(C(c2nccn2C)N2CCNCC2)cc(OC)c1OC. The number of benzene rings is 1. The second-order valence-electron chi connectivity index (χ2n) is 6.04. The molecule has 1 aromatic carbocycles. The molecule has 1 unspecified atom stereocenters. The van der Waals surface area contributed by atoms with Crippen molar-refractivity contribution in [2.45, 2.75) is 6.04 Å². The van der Waals surface area contributed by atoms with E-state index >= 15 is 0 Å². The van der Waals surface area contributed by atoms with Crippen LogP contribution in [0.1, 0.15) is 17.4 Å². The Bertz CT molecular complexity index is 685. The lowest BCUT2D eigenvalue weighted by atomic mass is 10.0. The maximum atomic E-state index is 5.54. The van der Waals surface area contributed by atoms with Gasteiger partial charge in [0.25, 0.3) is 0 Å². The van der Waals surface area contributed by atoms with E-state index in [4.69, 9.17) is 14.2 Å². The largest absolute Gasteiger partial charge is 0.493 e. The summed E-state index contributed by atoms with van der Waals surface area (Å²) in [5.74, 6) is 2.92. The van der Waals surface area contributed by atoms with Gasteiger partial charge in [-0.15, -0.1) is 0 Å². The molecule has 3 rings (SSSR count). The van der Waals surface area contributed by atoms with Gasteiger partial charge in [-0.05, 0) is 17.7 Å². The van der Waals surface area contributed by atoms with E-state index in [1.54, 1.807) is 21.3 Å². The van der Waals surface area contributed by atoms with Gasteiger partial charge in [-0.2, -0.15) is 0 Å². The van der Waals surface area contributed by atoms with Crippen LogP contribution >= 0.6 is 0 Å². The summed E-state index contributed by atoms with van der Waals surface area (Å²) in [7, 11) is 6.92. The Hall–Kier alpha value is -2.25. The highest BCUT2D eigenvalue weighted by Crippen LogP contribution is 2.41. The first-order chi connectivity index (χ1) is 12.2. The molecule has 0 saturated carbocycles. The second-order valence-corrected chi connectivity index (χ2v) is 6.04. The summed E-state index contributed by atoms with van der Waals surface area (Å²) in [5.41, 5.74) is 1.07. The third kappa shape index (κ3) is 3.43. The summed E-state index contributed by atoms with van der Waals surface area (Å²) in [4.78, 5) is 7.04. The van der Waals surface area contributed by atoms with E-state index in [0.717, 1.165) is 37.6 Å². The molecule has 25 heavy (non-hydrogen) atoms. The molecule has 0 radical (unpaired) electrons. The van der Waals surface area contributed by atoms with Crippen LogP contribution in [0.15, 0.2) is 24.5 Å². The molecule has 2 aromatic rings. The molecule has 0 bridgehead atoms. The van der Waals surface area contributed by atoms with Crippen LogP contribution < -0.4 is 19.5 Å². The lowest BCUT2D eigenvalue weighted by molar-refractivity contribution is 0.189. The minimum Gasteiger partial charge on any atom is -0.493 e. The zero-order valence-corrected chi connectivity index (χ0v) is 15.3. The molecule has 1 aliphatic heterocycles. The molecule has 1 atom stereocenters. The van der Waals surface area contributed by atoms with Gasteiger partial charge >= 0.3 is 0 Å². The van der Waals surface area contributed by atoms with Crippen molar-refractivity contribution in [2.24, 2.45) is 7.05 Å². The highest BCUT2D eigenvalue weighted by Gasteiger charge is 2.29. The number of aromatic nitrogens is 2. The van der Waals surface area contributed by atoms with Crippen LogP contribution in [0.25, 0.3) is 0 Å². The third-order valence-electron chi connectivity index (χ3n) is 4.62. The minimum atomic E-state index is 0.0239. The maximum Gasteiger partial charge on any atom is 0.203 e. The number of imidazole rings is 1. The lowest BCUT2D eigenvalue weighted by Crippen LogP contribution is -2.46. The van der Waals surface area contributed by atoms with Gasteiger partial charge in [-0.3, -0.25) is 4.90 Å². The monoisotopic (exact) mass is 346 g/mol. The van der Waals surface area contributed by atoms with Crippen molar-refractivity contribution in [2.75, 3.05) is 47.5 Å². The number of hydrogen-bond acceptors (Lipinski definition) is 6. The molecular formula is C18H26N4O3. The number of ether oxygens (including phenoxy) is 3. The topological polar surface area (TPSA) is 60.8 Å². The summed E-state index contributed by atoms with van der Waals surface area (Å²) in [6.45, 7) is 3.83. The third-order valence-corrected chi connectivity index (χ3v) is 4.62. The second kappa shape index (κ2) is 7.76. The maximum absolute atomic E-state index is 5.54. The van der Waals surface area contributed by atoms with Gasteiger partial charge < -0.3 is 24.1 Å². The van der Waals surface area contributed by atoms with Crippen molar-refractivity contribution in [3.63, 3.8) is 0 Å². The van der Waals surface area contributed by atoms with E-state index in [-0.39, 0.29) is 6.04 Å².